The minimum absolute atomic E-state index is 0.201. The molecule has 0 radical (unpaired) electrons. The van der Waals surface area contributed by atoms with Gasteiger partial charge in [0, 0.05) is 12.3 Å². The molecule has 2 nitrogen and oxygen atoms in total. The van der Waals surface area contributed by atoms with Gasteiger partial charge in [-0.15, -0.1) is 0 Å². The fraction of sp³-hybridized carbons (Fsp3) is 0.792. The molecular formula is C24H42O2Si. The zero-order valence-corrected chi connectivity index (χ0v) is 19.8. The predicted molar refractivity (Wildman–Crippen MR) is 118 cm³/mol. The summed E-state index contributed by atoms with van der Waals surface area (Å²) in [7, 11) is -1.54. The molecule has 2 fully saturated rings. The first-order valence-corrected chi connectivity index (χ1v) is 14.4. The average molecular weight is 391 g/mol. The van der Waals surface area contributed by atoms with Crippen molar-refractivity contribution in [1.29, 1.82) is 0 Å². The standard InChI is InChI=1S/C24H42O2Si/c1-19(13-9-8-10-17-23(2,3)26-27(5,6)7)20-14-11-15-21-22(25)16-12-18-24(20,21)4/h8-10,17,19-21H,11-16,18H2,1-7H3/b9-8+,17-10+/t19-,20-,21+,24-/m1/s1. The Kier molecular flexibility index (Phi) is 7.35. The van der Waals surface area contributed by atoms with Crippen LogP contribution in [0.25, 0.3) is 0 Å². The largest absolute Gasteiger partial charge is 0.409 e. The Labute approximate surface area is 169 Å². The Morgan fingerprint density at radius 3 is 2.59 bits per heavy atom. The maximum Gasteiger partial charge on any atom is 0.184 e. The van der Waals surface area contributed by atoms with Crippen molar-refractivity contribution in [2.45, 2.75) is 97.9 Å². The summed E-state index contributed by atoms with van der Waals surface area (Å²) in [6, 6.07) is 0. The second-order valence-corrected chi connectivity index (χ2v) is 15.2. The Balaban J connectivity index is 1.93. The van der Waals surface area contributed by atoms with Crippen molar-refractivity contribution in [3.8, 4) is 0 Å². The van der Waals surface area contributed by atoms with Crippen LogP contribution in [-0.2, 0) is 9.22 Å². The van der Waals surface area contributed by atoms with Gasteiger partial charge in [0.15, 0.2) is 8.32 Å². The lowest BCUT2D eigenvalue weighted by Gasteiger charge is -2.51. The number of hydrogen-bond donors (Lipinski definition) is 0. The van der Waals surface area contributed by atoms with Crippen LogP contribution in [0.1, 0.15) is 72.6 Å². The Bertz CT molecular complexity index is 569. The molecule has 4 atom stereocenters. The van der Waals surface area contributed by atoms with Crippen LogP contribution in [0.4, 0.5) is 0 Å². The van der Waals surface area contributed by atoms with Gasteiger partial charge >= 0.3 is 0 Å². The van der Waals surface area contributed by atoms with Crippen LogP contribution in [0.5, 0.6) is 0 Å². The van der Waals surface area contributed by atoms with Crippen molar-refractivity contribution < 1.29 is 9.22 Å². The molecule has 2 rings (SSSR count). The average Bonchev–Trinajstić information content (AvgIpc) is 2.51. The van der Waals surface area contributed by atoms with Crippen molar-refractivity contribution in [3.05, 3.63) is 24.3 Å². The van der Waals surface area contributed by atoms with Gasteiger partial charge in [-0.25, -0.2) is 0 Å². The van der Waals surface area contributed by atoms with Gasteiger partial charge in [0.1, 0.15) is 5.78 Å². The topological polar surface area (TPSA) is 26.3 Å². The van der Waals surface area contributed by atoms with Gasteiger partial charge in [0.25, 0.3) is 0 Å². The number of hydrogen-bond acceptors (Lipinski definition) is 2. The van der Waals surface area contributed by atoms with Gasteiger partial charge in [0.05, 0.1) is 5.60 Å². The fourth-order valence-electron chi connectivity index (χ4n) is 5.75. The van der Waals surface area contributed by atoms with Gasteiger partial charge in [-0.05, 0) is 82.8 Å². The summed E-state index contributed by atoms with van der Waals surface area (Å²) < 4.78 is 6.22. The van der Waals surface area contributed by atoms with E-state index in [2.05, 4.69) is 71.6 Å². The lowest BCUT2D eigenvalue weighted by Crippen LogP contribution is -2.47. The molecule has 0 unspecified atom stereocenters. The summed E-state index contributed by atoms with van der Waals surface area (Å²) >= 11 is 0. The van der Waals surface area contributed by atoms with E-state index < -0.39 is 8.32 Å². The molecule has 0 aliphatic heterocycles. The first-order valence-electron chi connectivity index (χ1n) is 11.0. The van der Waals surface area contributed by atoms with Gasteiger partial charge in [-0.3, -0.25) is 4.79 Å². The molecule has 2 saturated carbocycles. The van der Waals surface area contributed by atoms with Crippen molar-refractivity contribution >= 4 is 14.1 Å². The van der Waals surface area contributed by atoms with Crippen molar-refractivity contribution in [1.82, 2.24) is 0 Å². The summed E-state index contributed by atoms with van der Waals surface area (Å²) in [5.41, 5.74) is 0.0385. The molecule has 2 aliphatic carbocycles. The summed E-state index contributed by atoms with van der Waals surface area (Å²) in [5, 5.41) is 0. The summed E-state index contributed by atoms with van der Waals surface area (Å²) in [6.45, 7) is 15.8. The van der Waals surface area contributed by atoms with Crippen molar-refractivity contribution in [3.63, 3.8) is 0 Å². The minimum Gasteiger partial charge on any atom is -0.409 e. The van der Waals surface area contributed by atoms with Crippen LogP contribution in [-0.4, -0.2) is 19.7 Å². The molecule has 0 aromatic heterocycles. The Morgan fingerprint density at radius 1 is 1.22 bits per heavy atom. The fourth-order valence-corrected chi connectivity index (χ4v) is 7.39. The van der Waals surface area contributed by atoms with Crippen LogP contribution in [0.15, 0.2) is 24.3 Å². The number of Topliss-reactive ketones (excluding diaryl/α,β-unsaturated/α-hetero) is 1. The van der Waals surface area contributed by atoms with Crippen molar-refractivity contribution in [2.75, 3.05) is 0 Å². The Morgan fingerprint density at radius 2 is 1.93 bits per heavy atom. The van der Waals surface area contributed by atoms with Crippen LogP contribution in [0.3, 0.4) is 0 Å². The highest BCUT2D eigenvalue weighted by Crippen LogP contribution is 2.54. The quantitative estimate of drug-likeness (QED) is 0.348. The van der Waals surface area contributed by atoms with E-state index in [0.29, 0.717) is 23.5 Å². The molecule has 0 aromatic carbocycles. The summed E-state index contributed by atoms with van der Waals surface area (Å²) in [4.78, 5) is 12.5. The lowest BCUT2D eigenvalue weighted by molar-refractivity contribution is -0.137. The molecule has 154 valence electrons. The number of carbonyl (C=O) groups is 1. The highest BCUT2D eigenvalue weighted by molar-refractivity contribution is 6.69. The van der Waals surface area contributed by atoms with Crippen LogP contribution in [0, 0.1) is 23.2 Å². The van der Waals surface area contributed by atoms with Gasteiger partial charge < -0.3 is 4.43 Å². The second-order valence-electron chi connectivity index (χ2n) is 10.7. The number of carbonyl (C=O) groups excluding carboxylic acids is 1. The zero-order chi connectivity index (χ0) is 20.3. The van der Waals surface area contributed by atoms with Crippen LogP contribution in [0.2, 0.25) is 19.6 Å². The Hall–Kier alpha value is -0.673. The highest BCUT2D eigenvalue weighted by Gasteiger charge is 2.49. The second kappa shape index (κ2) is 8.78. The van der Waals surface area contributed by atoms with Gasteiger partial charge in [-0.2, -0.15) is 0 Å². The monoisotopic (exact) mass is 390 g/mol. The van der Waals surface area contributed by atoms with E-state index >= 15 is 0 Å². The van der Waals surface area contributed by atoms with Crippen LogP contribution >= 0.6 is 0 Å². The van der Waals surface area contributed by atoms with E-state index in [-0.39, 0.29) is 11.0 Å². The first kappa shape index (κ1) is 22.6. The van der Waals surface area contributed by atoms with Gasteiger partial charge in [0.2, 0.25) is 0 Å². The van der Waals surface area contributed by atoms with Crippen molar-refractivity contribution in [2.24, 2.45) is 23.2 Å². The minimum atomic E-state index is -1.54. The first-order chi connectivity index (χ1) is 12.4. The molecule has 0 saturated heterocycles. The zero-order valence-electron chi connectivity index (χ0n) is 18.8. The van der Waals surface area contributed by atoms with E-state index in [4.69, 9.17) is 4.43 Å². The number of ketones is 1. The molecule has 0 N–H and O–H groups in total. The SMILES string of the molecule is C[C@H](C/C=C/C=C/C(C)(C)O[Si](C)(C)C)[C@H]1CCC[C@H]2C(=O)CCC[C@]12C. The number of fused-ring (bicyclic) bond motifs is 1. The molecule has 3 heteroatoms. The summed E-state index contributed by atoms with van der Waals surface area (Å²) in [5.74, 6) is 2.19. The van der Waals surface area contributed by atoms with E-state index in [1.807, 2.05) is 0 Å². The highest BCUT2D eigenvalue weighted by atomic mass is 28.4. The third kappa shape index (κ3) is 6.15. The lowest BCUT2D eigenvalue weighted by atomic mass is 9.52. The summed E-state index contributed by atoms with van der Waals surface area (Å²) in [6.07, 6.45) is 16.7. The molecule has 0 heterocycles. The third-order valence-electron chi connectivity index (χ3n) is 6.69. The molecule has 27 heavy (non-hydrogen) atoms. The van der Waals surface area contributed by atoms with Crippen LogP contribution < -0.4 is 0 Å². The van der Waals surface area contributed by atoms with Gasteiger partial charge in [-0.1, -0.05) is 44.6 Å². The molecule has 0 spiro atoms. The molecule has 0 aromatic rings. The normalized spacial score (nSPS) is 31.4. The molecule has 0 bridgehead atoms. The predicted octanol–water partition coefficient (Wildman–Crippen LogP) is 6.93. The maximum absolute atomic E-state index is 12.5. The third-order valence-corrected chi connectivity index (χ3v) is 7.83. The number of rotatable bonds is 7. The number of allylic oxidation sites excluding steroid dienone is 3. The van der Waals surface area contributed by atoms with E-state index in [9.17, 15) is 4.79 Å². The maximum atomic E-state index is 12.5. The molecule has 0 amide bonds. The molecule has 2 aliphatic rings. The van der Waals surface area contributed by atoms with E-state index in [0.717, 1.165) is 25.7 Å². The van der Waals surface area contributed by atoms with E-state index in [1.165, 1.54) is 19.3 Å². The smallest absolute Gasteiger partial charge is 0.184 e. The van der Waals surface area contributed by atoms with E-state index in [1.54, 1.807) is 0 Å². The molecular weight excluding hydrogens is 348 g/mol.